The van der Waals surface area contributed by atoms with Crippen LogP contribution in [0.2, 0.25) is 0 Å². The van der Waals surface area contributed by atoms with Crippen molar-refractivity contribution in [2.24, 2.45) is 5.41 Å². The molecule has 3 rings (SSSR count). The van der Waals surface area contributed by atoms with Crippen molar-refractivity contribution in [2.45, 2.75) is 32.8 Å². The molecule has 0 saturated carbocycles. The summed E-state index contributed by atoms with van der Waals surface area (Å²) in [5.41, 5.74) is 1.77. The van der Waals surface area contributed by atoms with Crippen LogP contribution in [-0.4, -0.2) is 29.3 Å². The number of anilines is 1. The summed E-state index contributed by atoms with van der Waals surface area (Å²) in [6.07, 6.45) is 1.36. The van der Waals surface area contributed by atoms with Crippen LogP contribution in [0.15, 0.2) is 28.7 Å². The van der Waals surface area contributed by atoms with Crippen LogP contribution in [0.1, 0.15) is 26.7 Å². The molecule has 1 fully saturated rings. The summed E-state index contributed by atoms with van der Waals surface area (Å²) in [7, 11) is 0. The molecule has 0 spiro atoms. The predicted molar refractivity (Wildman–Crippen MR) is 75.2 cm³/mol. The number of nitrogens with zero attached hydrogens (tertiary/aromatic N) is 2. The molecule has 0 unspecified atom stereocenters. The van der Waals surface area contributed by atoms with Crippen molar-refractivity contribution in [2.75, 3.05) is 18.0 Å². The topological polar surface area (TPSA) is 49.5 Å². The van der Waals surface area contributed by atoms with Crippen molar-refractivity contribution in [1.29, 1.82) is 0 Å². The van der Waals surface area contributed by atoms with Gasteiger partial charge in [0, 0.05) is 13.1 Å². The fraction of sp³-hybridized carbons (Fsp3) is 0.533. The highest BCUT2D eigenvalue weighted by molar-refractivity contribution is 5.74. The number of hydrogen-bond donors (Lipinski definition) is 1. The minimum atomic E-state index is -0.232. The molecule has 1 N–H and O–H groups in total. The van der Waals surface area contributed by atoms with Crippen LogP contribution in [0.4, 0.5) is 6.01 Å². The highest BCUT2D eigenvalue weighted by Gasteiger charge is 2.31. The molecule has 0 aliphatic carbocycles. The summed E-state index contributed by atoms with van der Waals surface area (Å²) in [4.78, 5) is 6.70. The molecule has 4 heteroatoms. The standard InChI is InChI=1S/C15H20N2O2/c1-15(2)9-11(18)7-8-17(10-15)14-16-12-5-3-4-6-13(12)19-14/h3-6,11,18H,7-10H2,1-2H3/t11-/m1/s1. The first-order valence-electron chi connectivity index (χ1n) is 6.82. The Morgan fingerprint density at radius 2 is 2.16 bits per heavy atom. The van der Waals surface area contributed by atoms with E-state index in [1.165, 1.54) is 0 Å². The third-order valence-corrected chi connectivity index (χ3v) is 3.69. The zero-order valence-corrected chi connectivity index (χ0v) is 11.5. The first-order chi connectivity index (χ1) is 9.03. The molecule has 2 aromatic rings. The largest absolute Gasteiger partial charge is 0.423 e. The third kappa shape index (κ3) is 2.59. The molecule has 1 atom stereocenters. The van der Waals surface area contributed by atoms with Crippen LogP contribution < -0.4 is 4.90 Å². The fourth-order valence-corrected chi connectivity index (χ4v) is 2.86. The zero-order valence-electron chi connectivity index (χ0n) is 11.5. The molecule has 1 aliphatic heterocycles. The fourth-order valence-electron chi connectivity index (χ4n) is 2.86. The molecule has 0 amide bonds. The second-order valence-corrected chi connectivity index (χ2v) is 6.20. The number of aromatic nitrogens is 1. The number of benzene rings is 1. The quantitative estimate of drug-likeness (QED) is 0.856. The number of para-hydroxylation sites is 2. The Hall–Kier alpha value is -1.55. The first kappa shape index (κ1) is 12.5. The molecular weight excluding hydrogens is 240 g/mol. The monoisotopic (exact) mass is 260 g/mol. The van der Waals surface area contributed by atoms with Gasteiger partial charge in [0.1, 0.15) is 5.52 Å². The van der Waals surface area contributed by atoms with Crippen molar-refractivity contribution in [3.05, 3.63) is 24.3 Å². The SMILES string of the molecule is CC1(C)C[C@H](O)CCN(c2nc3ccccc3o2)C1. The number of aliphatic hydroxyl groups excluding tert-OH is 1. The summed E-state index contributed by atoms with van der Waals surface area (Å²) in [5, 5.41) is 9.95. The highest BCUT2D eigenvalue weighted by Crippen LogP contribution is 2.31. The summed E-state index contributed by atoms with van der Waals surface area (Å²) < 4.78 is 5.82. The van der Waals surface area contributed by atoms with E-state index in [-0.39, 0.29) is 11.5 Å². The van der Waals surface area contributed by atoms with E-state index in [9.17, 15) is 5.11 Å². The van der Waals surface area contributed by atoms with Crippen molar-refractivity contribution in [3.63, 3.8) is 0 Å². The lowest BCUT2D eigenvalue weighted by Gasteiger charge is -2.28. The van der Waals surface area contributed by atoms with E-state index in [0.29, 0.717) is 6.01 Å². The van der Waals surface area contributed by atoms with Gasteiger partial charge in [0.25, 0.3) is 6.01 Å². The molecule has 2 heterocycles. The van der Waals surface area contributed by atoms with Gasteiger partial charge in [0.05, 0.1) is 6.10 Å². The molecule has 1 aromatic carbocycles. The molecule has 4 nitrogen and oxygen atoms in total. The lowest BCUT2D eigenvalue weighted by Crippen LogP contribution is -2.32. The zero-order chi connectivity index (χ0) is 13.5. The van der Waals surface area contributed by atoms with Crippen LogP contribution >= 0.6 is 0 Å². The van der Waals surface area contributed by atoms with E-state index in [4.69, 9.17) is 4.42 Å². The molecule has 102 valence electrons. The molecule has 19 heavy (non-hydrogen) atoms. The van der Waals surface area contributed by atoms with E-state index >= 15 is 0 Å². The Kier molecular flexibility index (Phi) is 2.97. The summed E-state index contributed by atoms with van der Waals surface area (Å²) >= 11 is 0. The number of aliphatic hydroxyl groups is 1. The van der Waals surface area contributed by atoms with Gasteiger partial charge < -0.3 is 14.4 Å². The van der Waals surface area contributed by atoms with Crippen LogP contribution in [0.25, 0.3) is 11.1 Å². The lowest BCUT2D eigenvalue weighted by atomic mass is 9.87. The maximum atomic E-state index is 9.95. The van der Waals surface area contributed by atoms with E-state index in [1.807, 2.05) is 24.3 Å². The third-order valence-electron chi connectivity index (χ3n) is 3.69. The maximum Gasteiger partial charge on any atom is 0.298 e. The van der Waals surface area contributed by atoms with Crippen molar-refractivity contribution in [1.82, 2.24) is 4.98 Å². The summed E-state index contributed by atoms with van der Waals surface area (Å²) in [5.74, 6) is 0. The normalized spacial score (nSPS) is 23.5. The molecular formula is C15H20N2O2. The maximum absolute atomic E-state index is 9.95. The van der Waals surface area contributed by atoms with Crippen molar-refractivity contribution in [3.8, 4) is 0 Å². The average molecular weight is 260 g/mol. The van der Waals surface area contributed by atoms with Gasteiger partial charge in [-0.2, -0.15) is 4.98 Å². The molecule has 0 bridgehead atoms. The van der Waals surface area contributed by atoms with Gasteiger partial charge in [-0.25, -0.2) is 0 Å². The number of hydrogen-bond acceptors (Lipinski definition) is 4. The average Bonchev–Trinajstić information content (AvgIpc) is 2.71. The van der Waals surface area contributed by atoms with E-state index in [2.05, 4.69) is 23.7 Å². The van der Waals surface area contributed by atoms with Gasteiger partial charge in [-0.3, -0.25) is 0 Å². The Bertz CT molecular complexity index is 543. The van der Waals surface area contributed by atoms with Crippen LogP contribution in [-0.2, 0) is 0 Å². The van der Waals surface area contributed by atoms with Crippen LogP contribution in [0.3, 0.4) is 0 Å². The van der Waals surface area contributed by atoms with Gasteiger partial charge in [-0.1, -0.05) is 26.0 Å². The molecule has 0 radical (unpaired) electrons. The van der Waals surface area contributed by atoms with Crippen LogP contribution in [0.5, 0.6) is 0 Å². The van der Waals surface area contributed by atoms with E-state index < -0.39 is 0 Å². The number of rotatable bonds is 1. The Morgan fingerprint density at radius 3 is 2.95 bits per heavy atom. The summed E-state index contributed by atoms with van der Waals surface area (Å²) in [6.45, 7) is 6.00. The second kappa shape index (κ2) is 4.53. The second-order valence-electron chi connectivity index (χ2n) is 6.20. The van der Waals surface area contributed by atoms with Gasteiger partial charge in [-0.15, -0.1) is 0 Å². The smallest absolute Gasteiger partial charge is 0.298 e. The van der Waals surface area contributed by atoms with Gasteiger partial charge in [-0.05, 0) is 30.4 Å². The Balaban J connectivity index is 1.91. The van der Waals surface area contributed by atoms with Gasteiger partial charge in [0.2, 0.25) is 0 Å². The molecule has 1 aromatic heterocycles. The van der Waals surface area contributed by atoms with E-state index in [0.717, 1.165) is 37.0 Å². The van der Waals surface area contributed by atoms with Gasteiger partial charge >= 0.3 is 0 Å². The number of fused-ring (bicyclic) bond motifs is 1. The summed E-state index contributed by atoms with van der Waals surface area (Å²) in [6, 6.07) is 8.48. The van der Waals surface area contributed by atoms with Crippen molar-refractivity contribution >= 4 is 17.1 Å². The van der Waals surface area contributed by atoms with Gasteiger partial charge in [0.15, 0.2) is 5.58 Å². The van der Waals surface area contributed by atoms with Crippen LogP contribution in [0, 0.1) is 5.41 Å². The minimum absolute atomic E-state index is 0.0660. The Morgan fingerprint density at radius 1 is 1.37 bits per heavy atom. The lowest BCUT2D eigenvalue weighted by molar-refractivity contribution is 0.123. The predicted octanol–water partition coefficient (Wildman–Crippen LogP) is 2.82. The minimum Gasteiger partial charge on any atom is -0.423 e. The molecule has 1 saturated heterocycles. The highest BCUT2D eigenvalue weighted by atomic mass is 16.4. The van der Waals surface area contributed by atoms with E-state index in [1.54, 1.807) is 0 Å². The Labute approximate surface area is 113 Å². The first-order valence-corrected chi connectivity index (χ1v) is 6.82. The molecule has 1 aliphatic rings. The number of oxazole rings is 1. The van der Waals surface area contributed by atoms with Crippen molar-refractivity contribution < 1.29 is 9.52 Å².